The predicted molar refractivity (Wildman–Crippen MR) is 91.4 cm³/mol. The Morgan fingerprint density at radius 1 is 1.17 bits per heavy atom. The van der Waals surface area contributed by atoms with E-state index in [1.54, 1.807) is 12.1 Å². The molecule has 23 heavy (non-hydrogen) atoms. The Balaban J connectivity index is 1.55. The van der Waals surface area contributed by atoms with Crippen molar-refractivity contribution in [3.8, 4) is 11.8 Å². The molecular weight excluding hydrogens is 284 g/mol. The van der Waals surface area contributed by atoms with Gasteiger partial charge in [-0.05, 0) is 61.7 Å². The molecule has 0 spiro atoms. The smallest absolute Gasteiger partial charge is 0.119 e. The summed E-state index contributed by atoms with van der Waals surface area (Å²) in [4.78, 5) is 2.39. The van der Waals surface area contributed by atoms with Gasteiger partial charge in [0.1, 0.15) is 12.4 Å². The van der Waals surface area contributed by atoms with Gasteiger partial charge in [0.05, 0.1) is 11.6 Å². The Morgan fingerprint density at radius 2 is 1.96 bits per heavy atom. The van der Waals surface area contributed by atoms with Gasteiger partial charge in [0.15, 0.2) is 0 Å². The summed E-state index contributed by atoms with van der Waals surface area (Å²) < 4.78 is 5.80. The first kappa shape index (κ1) is 15.6. The summed E-state index contributed by atoms with van der Waals surface area (Å²) in [7, 11) is 2.18. The van der Waals surface area contributed by atoms with Crippen molar-refractivity contribution in [2.24, 2.45) is 0 Å². The third-order valence-corrected chi connectivity index (χ3v) is 4.57. The summed E-state index contributed by atoms with van der Waals surface area (Å²) in [5.74, 6) is 0.821. The van der Waals surface area contributed by atoms with E-state index in [2.05, 4.69) is 42.3 Å². The highest BCUT2D eigenvalue weighted by Gasteiger charge is 2.23. The molecule has 3 heteroatoms. The van der Waals surface area contributed by atoms with E-state index < -0.39 is 0 Å². The van der Waals surface area contributed by atoms with Crippen LogP contribution in [-0.2, 0) is 6.42 Å². The minimum Gasteiger partial charge on any atom is -0.492 e. The Kier molecular flexibility index (Phi) is 4.95. The van der Waals surface area contributed by atoms with Gasteiger partial charge >= 0.3 is 0 Å². The first-order valence-corrected chi connectivity index (χ1v) is 8.19. The predicted octanol–water partition coefficient (Wildman–Crippen LogP) is 3.95. The molecule has 0 radical (unpaired) electrons. The second-order valence-electron chi connectivity index (χ2n) is 6.07. The van der Waals surface area contributed by atoms with Gasteiger partial charge in [-0.3, -0.25) is 4.90 Å². The largest absolute Gasteiger partial charge is 0.492 e. The molecule has 1 aliphatic rings. The molecule has 0 amide bonds. The molecule has 2 aromatic rings. The van der Waals surface area contributed by atoms with Crippen molar-refractivity contribution >= 4 is 0 Å². The fourth-order valence-corrected chi connectivity index (χ4v) is 3.28. The minimum atomic E-state index is 0.490. The molecule has 1 unspecified atom stereocenters. The van der Waals surface area contributed by atoms with Crippen molar-refractivity contribution in [2.75, 3.05) is 20.2 Å². The van der Waals surface area contributed by atoms with E-state index in [4.69, 9.17) is 10.00 Å². The van der Waals surface area contributed by atoms with Gasteiger partial charge in [-0.15, -0.1) is 0 Å². The van der Waals surface area contributed by atoms with Crippen molar-refractivity contribution in [1.82, 2.24) is 4.90 Å². The van der Waals surface area contributed by atoms with Crippen molar-refractivity contribution in [1.29, 1.82) is 5.26 Å². The monoisotopic (exact) mass is 306 g/mol. The fourth-order valence-electron chi connectivity index (χ4n) is 3.28. The normalized spacial score (nSPS) is 16.7. The number of benzene rings is 2. The maximum atomic E-state index is 8.80. The molecule has 2 aromatic carbocycles. The Hall–Kier alpha value is -2.31. The number of hydrogen-bond donors (Lipinski definition) is 0. The lowest BCUT2D eigenvalue weighted by Gasteiger charge is -2.33. The molecule has 0 aromatic heterocycles. The number of nitriles is 1. The molecule has 1 aliphatic carbocycles. The molecule has 0 N–H and O–H groups in total. The summed E-state index contributed by atoms with van der Waals surface area (Å²) >= 11 is 0. The first-order chi connectivity index (χ1) is 11.3. The lowest BCUT2D eigenvalue weighted by molar-refractivity contribution is 0.178. The van der Waals surface area contributed by atoms with Gasteiger partial charge in [0.25, 0.3) is 0 Å². The maximum absolute atomic E-state index is 8.80. The second kappa shape index (κ2) is 7.30. The molecule has 118 valence electrons. The third-order valence-electron chi connectivity index (χ3n) is 4.57. The van der Waals surface area contributed by atoms with Gasteiger partial charge in [-0.25, -0.2) is 0 Å². The zero-order valence-electron chi connectivity index (χ0n) is 13.5. The van der Waals surface area contributed by atoms with E-state index in [1.165, 1.54) is 30.4 Å². The number of nitrogens with zero attached hydrogens (tertiary/aromatic N) is 2. The summed E-state index contributed by atoms with van der Waals surface area (Å²) in [5, 5.41) is 8.80. The Bertz CT molecular complexity index is 688. The van der Waals surface area contributed by atoms with Crippen LogP contribution in [0.4, 0.5) is 0 Å². The van der Waals surface area contributed by atoms with E-state index in [9.17, 15) is 0 Å². The number of rotatable bonds is 5. The number of aryl methyl sites for hydroxylation is 1. The lowest BCUT2D eigenvalue weighted by atomic mass is 9.87. The van der Waals surface area contributed by atoms with Crippen LogP contribution < -0.4 is 4.74 Å². The van der Waals surface area contributed by atoms with Crippen LogP contribution in [0.1, 0.15) is 35.6 Å². The maximum Gasteiger partial charge on any atom is 0.119 e. The van der Waals surface area contributed by atoms with Gasteiger partial charge < -0.3 is 4.74 Å². The quantitative estimate of drug-likeness (QED) is 0.839. The number of likely N-dealkylation sites (N-methyl/N-ethyl adjacent to an activating group) is 1. The molecule has 3 nitrogen and oxygen atoms in total. The summed E-state index contributed by atoms with van der Waals surface area (Å²) in [5.41, 5.74) is 3.62. The van der Waals surface area contributed by atoms with Crippen LogP contribution in [0.15, 0.2) is 48.5 Å². The van der Waals surface area contributed by atoms with Crippen molar-refractivity contribution in [2.45, 2.75) is 25.3 Å². The fraction of sp³-hybridized carbons (Fsp3) is 0.350. The molecule has 1 atom stereocenters. The number of fused-ring (bicyclic) bond motifs is 1. The molecular formula is C20H22N2O. The van der Waals surface area contributed by atoms with Crippen LogP contribution in [0.3, 0.4) is 0 Å². The Morgan fingerprint density at radius 3 is 2.74 bits per heavy atom. The average Bonchev–Trinajstić information content (AvgIpc) is 2.61. The van der Waals surface area contributed by atoms with Crippen LogP contribution in [-0.4, -0.2) is 25.1 Å². The molecule has 0 heterocycles. The van der Waals surface area contributed by atoms with Gasteiger partial charge in [0.2, 0.25) is 0 Å². The highest BCUT2D eigenvalue weighted by molar-refractivity contribution is 5.34. The molecule has 0 fully saturated rings. The van der Waals surface area contributed by atoms with Crippen LogP contribution >= 0.6 is 0 Å². The van der Waals surface area contributed by atoms with Crippen LogP contribution in [0.25, 0.3) is 0 Å². The average molecular weight is 306 g/mol. The third kappa shape index (κ3) is 3.72. The van der Waals surface area contributed by atoms with Crippen LogP contribution in [0.5, 0.6) is 5.75 Å². The minimum absolute atomic E-state index is 0.490. The highest BCUT2D eigenvalue weighted by atomic mass is 16.5. The summed E-state index contributed by atoms with van der Waals surface area (Å²) in [6, 6.07) is 18.7. The number of hydrogen-bond acceptors (Lipinski definition) is 3. The van der Waals surface area contributed by atoms with Gasteiger partial charge in [0, 0.05) is 12.6 Å². The molecule has 0 saturated heterocycles. The van der Waals surface area contributed by atoms with E-state index in [1.807, 2.05) is 12.1 Å². The van der Waals surface area contributed by atoms with Gasteiger partial charge in [-0.1, -0.05) is 24.3 Å². The van der Waals surface area contributed by atoms with E-state index in [0.717, 1.165) is 12.3 Å². The van der Waals surface area contributed by atoms with E-state index in [0.29, 0.717) is 18.2 Å². The summed E-state index contributed by atoms with van der Waals surface area (Å²) in [6.45, 7) is 1.54. The van der Waals surface area contributed by atoms with Crippen LogP contribution in [0, 0.1) is 11.3 Å². The van der Waals surface area contributed by atoms with Crippen LogP contribution in [0.2, 0.25) is 0 Å². The van der Waals surface area contributed by atoms with Crippen molar-refractivity contribution < 1.29 is 4.74 Å². The Labute approximate surface area is 138 Å². The zero-order chi connectivity index (χ0) is 16.1. The molecule has 3 rings (SSSR count). The molecule has 0 bridgehead atoms. The molecule has 0 saturated carbocycles. The highest BCUT2D eigenvalue weighted by Crippen LogP contribution is 2.33. The lowest BCUT2D eigenvalue weighted by Crippen LogP contribution is -2.31. The van der Waals surface area contributed by atoms with Gasteiger partial charge in [-0.2, -0.15) is 5.26 Å². The molecule has 0 aliphatic heterocycles. The topological polar surface area (TPSA) is 36.3 Å². The van der Waals surface area contributed by atoms with E-state index >= 15 is 0 Å². The van der Waals surface area contributed by atoms with Crippen molar-refractivity contribution in [3.05, 3.63) is 65.2 Å². The van der Waals surface area contributed by atoms with E-state index in [-0.39, 0.29) is 0 Å². The standard InChI is InChI=1S/C20H22N2O/c1-22(13-14-23-18-11-9-16(15-21)10-12-18)20-8-4-6-17-5-2-3-7-19(17)20/h2-3,5,7,9-12,20H,4,6,8,13-14H2,1H3. The first-order valence-electron chi connectivity index (χ1n) is 8.19. The second-order valence-corrected chi connectivity index (χ2v) is 6.07. The SMILES string of the molecule is CN(CCOc1ccc(C#N)cc1)C1CCCc2ccccc21. The summed E-state index contributed by atoms with van der Waals surface area (Å²) in [6.07, 6.45) is 3.66. The number of ether oxygens (including phenoxy) is 1. The zero-order valence-corrected chi connectivity index (χ0v) is 13.5. The van der Waals surface area contributed by atoms with Crippen molar-refractivity contribution in [3.63, 3.8) is 0 Å².